The number of rotatable bonds is 4. The Kier molecular flexibility index (Phi) is 5.20. The minimum atomic E-state index is -1.83. The van der Waals surface area contributed by atoms with E-state index in [2.05, 4.69) is 74.3 Å². The molecule has 1 radical (unpaired) electrons. The number of amides is 1. The van der Waals surface area contributed by atoms with Crippen LogP contribution in [-0.2, 0) is 4.79 Å². The summed E-state index contributed by atoms with van der Waals surface area (Å²) < 4.78 is 2.04. The van der Waals surface area contributed by atoms with Crippen molar-refractivity contribution < 1.29 is 9.90 Å². The van der Waals surface area contributed by atoms with E-state index in [1.54, 1.807) is 0 Å². The first-order chi connectivity index (χ1) is 9.59. The van der Waals surface area contributed by atoms with Crippen LogP contribution in [0.1, 0.15) is 41.5 Å². The van der Waals surface area contributed by atoms with Gasteiger partial charge in [-0.2, -0.15) is 0 Å². The van der Waals surface area contributed by atoms with E-state index in [9.17, 15) is 9.90 Å². The van der Waals surface area contributed by atoms with E-state index in [0.29, 0.717) is 0 Å². The van der Waals surface area contributed by atoms with Crippen LogP contribution in [0.15, 0.2) is 0 Å². The molecule has 0 aromatic rings. The van der Waals surface area contributed by atoms with Gasteiger partial charge in [-0.25, -0.2) is 0 Å². The summed E-state index contributed by atoms with van der Waals surface area (Å²) in [7, 11) is -3.58. The minimum Gasteiger partial charge on any atom is -0.396 e. The van der Waals surface area contributed by atoms with E-state index >= 15 is 0 Å². The maximum atomic E-state index is 12.9. The van der Waals surface area contributed by atoms with Gasteiger partial charge in [0.15, 0.2) is 8.24 Å². The Hall–Kier alpha value is -0.136. The molecule has 0 aliphatic carbocycles. The summed E-state index contributed by atoms with van der Waals surface area (Å²) in [6.45, 7) is 24.8. The fourth-order valence-corrected chi connectivity index (χ4v) is 7.47. The molecule has 1 fully saturated rings. The monoisotopic (exact) mass is 342 g/mol. The van der Waals surface area contributed by atoms with Gasteiger partial charge in [-0.1, -0.05) is 67.7 Å². The first-order valence-corrected chi connectivity index (χ1v) is 14.4. The van der Waals surface area contributed by atoms with Gasteiger partial charge in [-0.05, 0) is 15.6 Å². The summed E-state index contributed by atoms with van der Waals surface area (Å²) in [5.41, 5.74) is 0.112. The highest BCUT2D eigenvalue weighted by atomic mass is 28.3. The van der Waals surface area contributed by atoms with Crippen LogP contribution < -0.4 is 0 Å². The van der Waals surface area contributed by atoms with E-state index < -0.39 is 16.3 Å². The fraction of sp³-hybridized carbons (Fsp3) is 0.882. The maximum absolute atomic E-state index is 12.9. The number of carbonyl (C=O) groups excluding carboxylic acids is 1. The van der Waals surface area contributed by atoms with Crippen molar-refractivity contribution in [3.63, 3.8) is 0 Å². The summed E-state index contributed by atoms with van der Waals surface area (Å²) in [5, 5.41) is 10.3. The van der Waals surface area contributed by atoms with Crippen molar-refractivity contribution in [1.82, 2.24) is 4.57 Å². The SMILES string of the molecule is CC(C)(C)[Si](C)(C)C(CO)C1[CH]N([Si](C)(C)C(C)(C)C)C1=O. The number of carbonyl (C=O) groups is 1. The Bertz CT molecular complexity index is 433. The van der Waals surface area contributed by atoms with Gasteiger partial charge in [0, 0.05) is 6.61 Å². The van der Waals surface area contributed by atoms with Crippen LogP contribution in [0, 0.1) is 12.5 Å². The van der Waals surface area contributed by atoms with Crippen molar-refractivity contribution in [2.24, 2.45) is 5.92 Å². The van der Waals surface area contributed by atoms with Crippen LogP contribution in [-0.4, -0.2) is 38.5 Å². The Morgan fingerprint density at radius 3 is 1.82 bits per heavy atom. The second-order valence-electron chi connectivity index (χ2n) is 9.95. The molecule has 0 bridgehead atoms. The zero-order valence-corrected chi connectivity index (χ0v) is 18.2. The normalized spacial score (nSPS) is 22.6. The van der Waals surface area contributed by atoms with Crippen molar-refractivity contribution in [1.29, 1.82) is 0 Å². The molecule has 1 heterocycles. The van der Waals surface area contributed by atoms with Gasteiger partial charge in [-0.15, -0.1) is 0 Å². The number of nitrogens with zero attached hydrogens (tertiary/aromatic N) is 1. The van der Waals surface area contributed by atoms with Crippen molar-refractivity contribution in [2.45, 2.75) is 83.3 Å². The van der Waals surface area contributed by atoms with Crippen molar-refractivity contribution in [3.8, 4) is 0 Å². The number of β-lactam (4-membered cyclic amide) rings is 1. The third kappa shape index (κ3) is 3.09. The summed E-state index contributed by atoms with van der Waals surface area (Å²) >= 11 is 0. The van der Waals surface area contributed by atoms with Gasteiger partial charge >= 0.3 is 0 Å². The van der Waals surface area contributed by atoms with E-state index in [4.69, 9.17) is 0 Å². The quantitative estimate of drug-likeness (QED) is 0.604. The molecule has 1 saturated heterocycles. The molecule has 22 heavy (non-hydrogen) atoms. The third-order valence-electron chi connectivity index (χ3n) is 6.76. The molecule has 2 atom stereocenters. The average Bonchev–Trinajstić information content (AvgIpc) is 2.29. The summed E-state index contributed by atoms with van der Waals surface area (Å²) in [6, 6.07) is 0. The van der Waals surface area contributed by atoms with Gasteiger partial charge in [0.1, 0.15) is 0 Å². The van der Waals surface area contributed by atoms with E-state index in [0.717, 1.165) is 0 Å². The average molecular weight is 343 g/mol. The molecular weight excluding hydrogens is 306 g/mol. The summed E-state index contributed by atoms with van der Waals surface area (Å²) in [6.07, 6.45) is 0. The molecule has 1 aliphatic rings. The molecule has 3 nitrogen and oxygen atoms in total. The van der Waals surface area contributed by atoms with Gasteiger partial charge in [0.05, 0.1) is 20.5 Å². The van der Waals surface area contributed by atoms with Crippen LogP contribution in [0.2, 0.25) is 41.8 Å². The van der Waals surface area contributed by atoms with E-state index in [1.165, 1.54) is 0 Å². The van der Waals surface area contributed by atoms with Crippen LogP contribution >= 0.6 is 0 Å². The number of aliphatic hydroxyl groups excluding tert-OH is 1. The number of hydrogen-bond donors (Lipinski definition) is 1. The minimum absolute atomic E-state index is 0.0833. The molecule has 129 valence electrons. The highest BCUT2D eigenvalue weighted by molar-refractivity contribution is 6.83. The van der Waals surface area contributed by atoms with Gasteiger partial charge < -0.3 is 9.67 Å². The molecule has 5 heteroatoms. The Morgan fingerprint density at radius 2 is 1.55 bits per heavy atom. The highest BCUT2D eigenvalue weighted by Crippen LogP contribution is 2.52. The van der Waals surface area contributed by atoms with Crippen LogP contribution in [0.3, 0.4) is 0 Å². The van der Waals surface area contributed by atoms with Gasteiger partial charge in [0.2, 0.25) is 5.91 Å². The molecule has 2 unspecified atom stereocenters. The lowest BCUT2D eigenvalue weighted by atomic mass is 9.98. The van der Waals surface area contributed by atoms with E-state index in [-0.39, 0.29) is 34.0 Å². The standard InChI is InChI=1S/C17H36NO2Si2/c1-16(2,3)21(7,8)14(12-19)13-11-18(15(13)20)22(9,10)17(4,5)6/h11,13-14,19H,12H2,1-10H3. The number of aliphatic hydroxyl groups is 1. The van der Waals surface area contributed by atoms with Gasteiger partial charge in [-0.3, -0.25) is 4.79 Å². The Morgan fingerprint density at radius 1 is 1.09 bits per heavy atom. The molecule has 1 N–H and O–H groups in total. The summed E-state index contributed by atoms with van der Waals surface area (Å²) in [5.74, 6) is 0.162. The molecule has 0 spiro atoms. The molecule has 0 aromatic carbocycles. The largest absolute Gasteiger partial charge is 0.396 e. The predicted octanol–water partition coefficient (Wildman–Crippen LogP) is 4.48. The lowest BCUT2D eigenvalue weighted by molar-refractivity contribution is -0.137. The Balaban J connectivity index is 2.98. The summed E-state index contributed by atoms with van der Waals surface area (Å²) in [4.78, 5) is 12.9. The third-order valence-corrected chi connectivity index (χ3v) is 18.3. The lowest BCUT2D eigenvalue weighted by Crippen LogP contribution is -2.67. The van der Waals surface area contributed by atoms with Crippen molar-refractivity contribution >= 4 is 22.2 Å². The zero-order chi connectivity index (χ0) is 17.7. The molecule has 1 rings (SSSR count). The number of hydrogen-bond acceptors (Lipinski definition) is 2. The molecule has 1 aliphatic heterocycles. The molecule has 0 aromatic heterocycles. The van der Waals surface area contributed by atoms with Crippen molar-refractivity contribution in [3.05, 3.63) is 6.54 Å². The topological polar surface area (TPSA) is 40.5 Å². The smallest absolute Gasteiger partial charge is 0.220 e. The van der Waals surface area contributed by atoms with Crippen LogP contribution in [0.25, 0.3) is 0 Å². The lowest BCUT2D eigenvalue weighted by Gasteiger charge is -2.57. The fourth-order valence-electron chi connectivity index (χ4n) is 2.82. The first kappa shape index (κ1) is 19.9. The van der Waals surface area contributed by atoms with Crippen LogP contribution in [0.5, 0.6) is 0 Å². The second kappa shape index (κ2) is 5.74. The molecule has 1 amide bonds. The molecular formula is C17H36NO2Si2. The predicted molar refractivity (Wildman–Crippen MR) is 99.9 cm³/mol. The van der Waals surface area contributed by atoms with Gasteiger partial charge in [0.25, 0.3) is 0 Å². The highest BCUT2D eigenvalue weighted by Gasteiger charge is 2.57. The van der Waals surface area contributed by atoms with E-state index in [1.807, 2.05) is 4.57 Å². The molecule has 0 saturated carbocycles. The van der Waals surface area contributed by atoms with Crippen molar-refractivity contribution in [2.75, 3.05) is 6.61 Å². The van der Waals surface area contributed by atoms with Crippen LogP contribution in [0.4, 0.5) is 0 Å². The maximum Gasteiger partial charge on any atom is 0.220 e. The second-order valence-corrected chi connectivity index (χ2v) is 20.7. The Labute approximate surface area is 139 Å². The zero-order valence-electron chi connectivity index (χ0n) is 16.2. The first-order valence-electron chi connectivity index (χ1n) is 8.38.